The monoisotopic (exact) mass is 228 g/mol. The van der Waals surface area contributed by atoms with Crippen LogP contribution in [0, 0.1) is 5.92 Å². The number of aromatic nitrogens is 3. The van der Waals surface area contributed by atoms with Gasteiger partial charge in [0.1, 0.15) is 0 Å². The van der Waals surface area contributed by atoms with Gasteiger partial charge in [-0.15, -0.1) is 0 Å². The minimum absolute atomic E-state index is 0.149. The number of nitrogens with one attached hydrogen (secondary N) is 1. The summed E-state index contributed by atoms with van der Waals surface area (Å²) in [7, 11) is 1.50. The summed E-state index contributed by atoms with van der Waals surface area (Å²) in [5, 5.41) is 3.25. The molecule has 0 bridgehead atoms. The molecule has 82 valence electrons. The molecule has 1 saturated carbocycles. The molecule has 0 saturated heterocycles. The van der Waals surface area contributed by atoms with E-state index in [9.17, 15) is 0 Å². The number of methoxy groups -OCH3 is 1. The maximum atomic E-state index is 5.70. The third-order valence-corrected chi connectivity index (χ3v) is 2.47. The molecule has 6 heteroatoms. The predicted octanol–water partition coefficient (Wildman–Crippen LogP) is 1.75. The van der Waals surface area contributed by atoms with E-state index in [4.69, 9.17) is 16.3 Å². The number of nitrogens with zero attached hydrogens (tertiary/aromatic N) is 3. The smallest absolute Gasteiger partial charge is 0.322 e. The molecule has 2 rings (SSSR count). The van der Waals surface area contributed by atoms with Crippen LogP contribution < -0.4 is 10.1 Å². The fourth-order valence-corrected chi connectivity index (χ4v) is 1.45. The van der Waals surface area contributed by atoms with E-state index in [1.54, 1.807) is 0 Å². The highest BCUT2D eigenvalue weighted by Gasteiger charge is 2.20. The molecule has 15 heavy (non-hydrogen) atoms. The van der Waals surface area contributed by atoms with E-state index in [0.717, 1.165) is 18.9 Å². The van der Waals surface area contributed by atoms with E-state index in [-0.39, 0.29) is 11.3 Å². The third kappa shape index (κ3) is 3.20. The van der Waals surface area contributed by atoms with Gasteiger partial charge in [0.15, 0.2) is 0 Å². The van der Waals surface area contributed by atoms with Crippen LogP contribution in [-0.4, -0.2) is 28.6 Å². The number of halogens is 1. The normalized spacial score (nSPS) is 15.1. The van der Waals surface area contributed by atoms with Crippen LogP contribution in [0.2, 0.25) is 5.28 Å². The number of hydrogen-bond donors (Lipinski definition) is 1. The van der Waals surface area contributed by atoms with E-state index in [2.05, 4.69) is 20.3 Å². The van der Waals surface area contributed by atoms with Crippen LogP contribution >= 0.6 is 11.6 Å². The topological polar surface area (TPSA) is 59.9 Å². The average molecular weight is 229 g/mol. The van der Waals surface area contributed by atoms with Crippen molar-refractivity contribution in [1.82, 2.24) is 15.0 Å². The lowest BCUT2D eigenvalue weighted by Crippen LogP contribution is -2.07. The summed E-state index contributed by atoms with van der Waals surface area (Å²) in [5.74, 6) is 1.37. The maximum Gasteiger partial charge on any atom is 0.322 e. The largest absolute Gasteiger partial charge is 0.467 e. The van der Waals surface area contributed by atoms with E-state index in [1.807, 2.05) is 0 Å². The first-order valence-corrected chi connectivity index (χ1v) is 5.35. The van der Waals surface area contributed by atoms with Gasteiger partial charge in [-0.3, -0.25) is 0 Å². The van der Waals surface area contributed by atoms with Crippen LogP contribution in [-0.2, 0) is 0 Å². The van der Waals surface area contributed by atoms with Crippen molar-refractivity contribution in [3.63, 3.8) is 0 Å². The summed E-state index contributed by atoms with van der Waals surface area (Å²) >= 11 is 5.70. The number of rotatable bonds is 5. The lowest BCUT2D eigenvalue weighted by Gasteiger charge is -2.05. The van der Waals surface area contributed by atoms with Gasteiger partial charge in [0.25, 0.3) is 0 Å². The van der Waals surface area contributed by atoms with Gasteiger partial charge in [0.2, 0.25) is 11.2 Å². The zero-order valence-electron chi connectivity index (χ0n) is 8.53. The molecule has 1 aromatic rings. The lowest BCUT2D eigenvalue weighted by molar-refractivity contribution is 0.379. The number of hydrogen-bond acceptors (Lipinski definition) is 5. The first kappa shape index (κ1) is 10.4. The molecule has 0 aromatic carbocycles. The van der Waals surface area contributed by atoms with E-state index in [1.165, 1.54) is 20.0 Å². The van der Waals surface area contributed by atoms with Crippen molar-refractivity contribution in [1.29, 1.82) is 0 Å². The van der Waals surface area contributed by atoms with Crippen molar-refractivity contribution in [3.8, 4) is 6.01 Å². The summed E-state index contributed by atoms with van der Waals surface area (Å²) in [6.07, 6.45) is 3.86. The molecule has 0 atom stereocenters. The highest BCUT2D eigenvalue weighted by Crippen LogP contribution is 2.31. The van der Waals surface area contributed by atoms with Gasteiger partial charge in [-0.2, -0.15) is 15.0 Å². The van der Waals surface area contributed by atoms with Crippen LogP contribution in [0.15, 0.2) is 0 Å². The van der Waals surface area contributed by atoms with Crippen molar-refractivity contribution < 1.29 is 4.74 Å². The van der Waals surface area contributed by atoms with Crippen molar-refractivity contribution >= 4 is 17.5 Å². The maximum absolute atomic E-state index is 5.70. The Hall–Kier alpha value is -1.10. The Morgan fingerprint density at radius 2 is 2.20 bits per heavy atom. The Balaban J connectivity index is 1.90. The Labute approximate surface area is 93.2 Å². The highest BCUT2D eigenvalue weighted by atomic mass is 35.5. The van der Waals surface area contributed by atoms with Gasteiger partial charge in [-0.25, -0.2) is 0 Å². The molecule has 0 spiro atoms. The molecule has 1 aromatic heterocycles. The van der Waals surface area contributed by atoms with Gasteiger partial charge in [-0.05, 0) is 23.9 Å². The van der Waals surface area contributed by atoms with Crippen LogP contribution in [0.5, 0.6) is 6.01 Å². The molecule has 0 unspecified atom stereocenters. The molecular weight excluding hydrogens is 216 g/mol. The average Bonchev–Trinajstić information content (AvgIpc) is 3.01. The molecular formula is C9H13ClN4O. The molecule has 0 aliphatic heterocycles. The Kier molecular flexibility index (Phi) is 3.20. The van der Waals surface area contributed by atoms with E-state index >= 15 is 0 Å². The van der Waals surface area contributed by atoms with Crippen LogP contribution in [0.4, 0.5) is 5.95 Å². The van der Waals surface area contributed by atoms with Crippen LogP contribution in [0.3, 0.4) is 0 Å². The second-order valence-electron chi connectivity index (χ2n) is 3.57. The molecule has 1 aliphatic carbocycles. The fourth-order valence-electron chi connectivity index (χ4n) is 1.30. The minimum atomic E-state index is 0.149. The summed E-state index contributed by atoms with van der Waals surface area (Å²) < 4.78 is 4.89. The van der Waals surface area contributed by atoms with Gasteiger partial charge in [0.05, 0.1) is 7.11 Å². The van der Waals surface area contributed by atoms with E-state index < -0.39 is 0 Å². The van der Waals surface area contributed by atoms with Crippen molar-refractivity contribution in [2.75, 3.05) is 19.0 Å². The number of ether oxygens (including phenoxy) is 1. The zero-order chi connectivity index (χ0) is 10.7. The van der Waals surface area contributed by atoms with Crippen molar-refractivity contribution in [2.24, 2.45) is 5.92 Å². The predicted molar refractivity (Wildman–Crippen MR) is 57.2 cm³/mol. The Bertz CT molecular complexity index is 343. The Morgan fingerprint density at radius 1 is 1.40 bits per heavy atom. The highest BCUT2D eigenvalue weighted by molar-refractivity contribution is 6.28. The lowest BCUT2D eigenvalue weighted by atomic mass is 10.3. The van der Waals surface area contributed by atoms with Crippen LogP contribution in [0.1, 0.15) is 19.3 Å². The second kappa shape index (κ2) is 4.61. The molecule has 1 aliphatic rings. The van der Waals surface area contributed by atoms with Crippen molar-refractivity contribution in [2.45, 2.75) is 19.3 Å². The third-order valence-electron chi connectivity index (χ3n) is 2.30. The molecule has 1 N–H and O–H groups in total. The molecule has 0 radical (unpaired) electrons. The molecule has 5 nitrogen and oxygen atoms in total. The quantitative estimate of drug-likeness (QED) is 0.832. The zero-order valence-corrected chi connectivity index (χ0v) is 9.29. The molecule has 1 heterocycles. The SMILES string of the molecule is COc1nc(Cl)nc(NCCC2CC2)n1. The summed E-state index contributed by atoms with van der Waals surface area (Å²) in [6, 6.07) is 0.240. The fraction of sp³-hybridized carbons (Fsp3) is 0.667. The first-order valence-electron chi connectivity index (χ1n) is 4.97. The Morgan fingerprint density at radius 3 is 2.87 bits per heavy atom. The van der Waals surface area contributed by atoms with Gasteiger partial charge in [0, 0.05) is 6.54 Å². The second-order valence-corrected chi connectivity index (χ2v) is 3.91. The van der Waals surface area contributed by atoms with Crippen LogP contribution in [0.25, 0.3) is 0 Å². The van der Waals surface area contributed by atoms with Gasteiger partial charge in [-0.1, -0.05) is 12.8 Å². The summed E-state index contributed by atoms with van der Waals surface area (Å²) in [6.45, 7) is 0.869. The van der Waals surface area contributed by atoms with Gasteiger partial charge >= 0.3 is 6.01 Å². The van der Waals surface area contributed by atoms with Crippen molar-refractivity contribution in [3.05, 3.63) is 5.28 Å². The molecule has 0 amide bonds. The summed E-state index contributed by atoms with van der Waals surface area (Å²) in [5.41, 5.74) is 0. The molecule has 1 fully saturated rings. The first-order chi connectivity index (χ1) is 7.28. The van der Waals surface area contributed by atoms with E-state index in [0.29, 0.717) is 5.95 Å². The minimum Gasteiger partial charge on any atom is -0.467 e. The summed E-state index contributed by atoms with van der Waals surface area (Å²) in [4.78, 5) is 11.8. The number of anilines is 1. The van der Waals surface area contributed by atoms with Gasteiger partial charge < -0.3 is 10.1 Å². The standard InChI is InChI=1S/C9H13ClN4O/c1-15-9-13-7(10)12-8(14-9)11-5-4-6-2-3-6/h6H,2-5H2,1H3,(H,11,12,13,14).